The summed E-state index contributed by atoms with van der Waals surface area (Å²) in [6.07, 6.45) is 1.41. The fourth-order valence-corrected chi connectivity index (χ4v) is 1.41. The molecule has 1 aromatic rings. The number of carbonyl (C=O) groups excluding carboxylic acids is 1. The third-order valence-electron chi connectivity index (χ3n) is 2.04. The van der Waals surface area contributed by atoms with Crippen LogP contribution in [0.3, 0.4) is 0 Å². The predicted molar refractivity (Wildman–Crippen MR) is 70.4 cm³/mol. The summed E-state index contributed by atoms with van der Waals surface area (Å²) < 4.78 is 5.70. The third kappa shape index (κ3) is 5.38. The van der Waals surface area contributed by atoms with Crippen molar-refractivity contribution in [3.8, 4) is 5.75 Å². The first-order chi connectivity index (χ1) is 7.90. The first kappa shape index (κ1) is 13.6. The van der Waals surface area contributed by atoms with Crippen molar-refractivity contribution in [2.24, 2.45) is 0 Å². The number of hydrogen-bond donors (Lipinski definition) is 1. The average molecular weight is 235 g/mol. The Kier molecular flexibility index (Phi) is 4.55. The van der Waals surface area contributed by atoms with E-state index in [1.54, 1.807) is 0 Å². The molecular formula is C14H21NO2. The van der Waals surface area contributed by atoms with E-state index in [1.807, 2.05) is 52.0 Å². The molecule has 1 aromatic carbocycles. The molecule has 1 amide bonds. The van der Waals surface area contributed by atoms with Crippen LogP contribution in [0.4, 0.5) is 5.69 Å². The van der Waals surface area contributed by atoms with Gasteiger partial charge in [-0.3, -0.25) is 4.79 Å². The maximum atomic E-state index is 11.4. The van der Waals surface area contributed by atoms with Gasteiger partial charge in [0.25, 0.3) is 0 Å². The summed E-state index contributed by atoms with van der Waals surface area (Å²) in [7, 11) is 0. The minimum atomic E-state index is -0.201. The summed E-state index contributed by atoms with van der Waals surface area (Å²) in [6, 6.07) is 7.45. The summed E-state index contributed by atoms with van der Waals surface area (Å²) >= 11 is 0. The lowest BCUT2D eigenvalue weighted by Crippen LogP contribution is -2.22. The summed E-state index contributed by atoms with van der Waals surface area (Å²) in [5.41, 5.74) is 0.609. The van der Waals surface area contributed by atoms with Crippen LogP contribution in [-0.2, 0) is 4.79 Å². The summed E-state index contributed by atoms with van der Waals surface area (Å²) in [5, 5.41) is 2.84. The van der Waals surface area contributed by atoms with Crippen molar-refractivity contribution in [2.75, 3.05) is 5.32 Å². The highest BCUT2D eigenvalue weighted by Gasteiger charge is 2.11. The van der Waals surface area contributed by atoms with Gasteiger partial charge in [0, 0.05) is 12.1 Å². The van der Waals surface area contributed by atoms with Crippen molar-refractivity contribution in [3.63, 3.8) is 0 Å². The molecule has 0 aliphatic heterocycles. The molecule has 0 aromatic heterocycles. The van der Waals surface area contributed by atoms with Gasteiger partial charge in [0.05, 0.1) is 0 Å². The van der Waals surface area contributed by atoms with Gasteiger partial charge in [-0.15, -0.1) is 0 Å². The maximum Gasteiger partial charge on any atom is 0.224 e. The van der Waals surface area contributed by atoms with Crippen LogP contribution < -0.4 is 10.1 Å². The summed E-state index contributed by atoms with van der Waals surface area (Å²) in [5.74, 6) is 0.864. The molecule has 1 N–H and O–H groups in total. The molecule has 3 nitrogen and oxygen atoms in total. The van der Waals surface area contributed by atoms with E-state index in [0.29, 0.717) is 6.42 Å². The molecule has 0 atom stereocenters. The number of carbonyl (C=O) groups is 1. The number of hydrogen-bond acceptors (Lipinski definition) is 2. The molecule has 0 aliphatic rings. The smallest absolute Gasteiger partial charge is 0.224 e. The lowest BCUT2D eigenvalue weighted by Gasteiger charge is -2.21. The highest BCUT2D eigenvalue weighted by atomic mass is 16.5. The molecule has 0 bridgehead atoms. The number of anilines is 1. The molecule has 94 valence electrons. The van der Waals surface area contributed by atoms with Crippen LogP contribution in [0.1, 0.15) is 40.5 Å². The van der Waals surface area contributed by atoms with Gasteiger partial charge in [-0.2, -0.15) is 0 Å². The van der Waals surface area contributed by atoms with Crippen molar-refractivity contribution in [2.45, 2.75) is 46.1 Å². The Morgan fingerprint density at radius 2 is 1.82 bits per heavy atom. The zero-order chi connectivity index (χ0) is 12.9. The van der Waals surface area contributed by atoms with Gasteiger partial charge in [-0.05, 0) is 51.5 Å². The molecule has 0 radical (unpaired) electrons. The summed E-state index contributed by atoms with van der Waals surface area (Å²) in [4.78, 5) is 11.4. The van der Waals surface area contributed by atoms with Crippen molar-refractivity contribution in [1.82, 2.24) is 0 Å². The van der Waals surface area contributed by atoms with Crippen LogP contribution in [-0.4, -0.2) is 11.5 Å². The second-order valence-electron chi connectivity index (χ2n) is 5.04. The molecule has 0 aliphatic carbocycles. The quantitative estimate of drug-likeness (QED) is 0.865. The fraction of sp³-hybridized carbons (Fsp3) is 0.500. The van der Waals surface area contributed by atoms with Crippen LogP contribution in [0.5, 0.6) is 5.75 Å². The van der Waals surface area contributed by atoms with Gasteiger partial charge in [-0.1, -0.05) is 6.92 Å². The number of nitrogens with one attached hydrogen (secondary N) is 1. The van der Waals surface area contributed by atoms with Gasteiger partial charge in [-0.25, -0.2) is 0 Å². The van der Waals surface area contributed by atoms with Crippen LogP contribution in [0, 0.1) is 0 Å². The highest BCUT2D eigenvalue weighted by molar-refractivity contribution is 5.90. The Balaban J connectivity index is 2.59. The van der Waals surface area contributed by atoms with Crippen molar-refractivity contribution < 1.29 is 9.53 Å². The Morgan fingerprint density at radius 3 is 2.29 bits per heavy atom. The molecule has 0 spiro atoms. The Bertz CT molecular complexity index is 363. The molecule has 0 fully saturated rings. The Morgan fingerprint density at radius 1 is 1.24 bits per heavy atom. The molecule has 1 rings (SSSR count). The van der Waals surface area contributed by atoms with E-state index in [9.17, 15) is 4.79 Å². The fourth-order valence-electron chi connectivity index (χ4n) is 1.41. The Hall–Kier alpha value is -1.51. The molecule has 0 saturated heterocycles. The molecular weight excluding hydrogens is 214 g/mol. The third-order valence-corrected chi connectivity index (χ3v) is 2.04. The van der Waals surface area contributed by atoms with E-state index in [-0.39, 0.29) is 11.5 Å². The first-order valence-corrected chi connectivity index (χ1v) is 5.99. The standard InChI is InChI=1S/C14H21NO2/c1-5-6-13(16)15-11-7-9-12(10-8-11)17-14(2,3)4/h7-10H,5-6H2,1-4H3,(H,15,16). The van der Waals surface area contributed by atoms with Gasteiger partial charge in [0.1, 0.15) is 11.4 Å². The predicted octanol–water partition coefficient (Wildman–Crippen LogP) is 3.60. The van der Waals surface area contributed by atoms with E-state index < -0.39 is 0 Å². The average Bonchev–Trinajstić information content (AvgIpc) is 2.19. The van der Waals surface area contributed by atoms with Crippen LogP contribution in [0.2, 0.25) is 0 Å². The maximum absolute atomic E-state index is 11.4. The zero-order valence-electron chi connectivity index (χ0n) is 11.0. The van der Waals surface area contributed by atoms with Crippen LogP contribution in [0.15, 0.2) is 24.3 Å². The number of rotatable bonds is 4. The Labute approximate surface area is 103 Å². The molecule has 17 heavy (non-hydrogen) atoms. The largest absolute Gasteiger partial charge is 0.488 e. The monoisotopic (exact) mass is 235 g/mol. The highest BCUT2D eigenvalue weighted by Crippen LogP contribution is 2.20. The lowest BCUT2D eigenvalue weighted by atomic mass is 10.2. The molecule has 0 unspecified atom stereocenters. The topological polar surface area (TPSA) is 38.3 Å². The minimum absolute atomic E-state index is 0.0528. The minimum Gasteiger partial charge on any atom is -0.488 e. The van der Waals surface area contributed by atoms with Gasteiger partial charge in [0.15, 0.2) is 0 Å². The van der Waals surface area contributed by atoms with E-state index >= 15 is 0 Å². The second-order valence-corrected chi connectivity index (χ2v) is 5.04. The van der Waals surface area contributed by atoms with Crippen molar-refractivity contribution in [1.29, 1.82) is 0 Å². The number of benzene rings is 1. The van der Waals surface area contributed by atoms with E-state index in [2.05, 4.69) is 5.32 Å². The van der Waals surface area contributed by atoms with E-state index in [1.165, 1.54) is 0 Å². The van der Waals surface area contributed by atoms with Crippen LogP contribution >= 0.6 is 0 Å². The second kappa shape index (κ2) is 5.71. The number of ether oxygens (including phenoxy) is 1. The molecule has 0 saturated carbocycles. The van der Waals surface area contributed by atoms with Gasteiger partial charge in [0.2, 0.25) is 5.91 Å². The van der Waals surface area contributed by atoms with Gasteiger partial charge >= 0.3 is 0 Å². The number of amides is 1. The zero-order valence-corrected chi connectivity index (χ0v) is 11.0. The molecule has 3 heteroatoms. The SMILES string of the molecule is CCCC(=O)Nc1ccc(OC(C)(C)C)cc1. The van der Waals surface area contributed by atoms with E-state index in [0.717, 1.165) is 17.9 Å². The van der Waals surface area contributed by atoms with Crippen LogP contribution in [0.25, 0.3) is 0 Å². The van der Waals surface area contributed by atoms with Crippen molar-refractivity contribution in [3.05, 3.63) is 24.3 Å². The summed E-state index contributed by atoms with van der Waals surface area (Å²) in [6.45, 7) is 8.00. The van der Waals surface area contributed by atoms with Crippen molar-refractivity contribution >= 4 is 11.6 Å². The molecule has 0 heterocycles. The van der Waals surface area contributed by atoms with E-state index in [4.69, 9.17) is 4.74 Å². The van der Waals surface area contributed by atoms with Gasteiger partial charge < -0.3 is 10.1 Å². The first-order valence-electron chi connectivity index (χ1n) is 5.99. The lowest BCUT2D eigenvalue weighted by molar-refractivity contribution is -0.116. The normalized spacial score (nSPS) is 11.1.